The Labute approximate surface area is 174 Å². The number of rotatable bonds is 12. The highest BCUT2D eigenvalue weighted by Crippen LogP contribution is 2.50. The molecule has 0 radical (unpaired) electrons. The SMILES string of the molecule is CCC[C@@H]1C[C@H]1c1ccnc(C[C@]2(OCOC)C(=O)N(COC)[C@H]2CC(C)C)c1. The molecule has 4 atom stereocenters. The van der Waals surface area contributed by atoms with E-state index in [4.69, 9.17) is 14.2 Å². The van der Waals surface area contributed by atoms with Gasteiger partial charge in [-0.25, -0.2) is 0 Å². The molecule has 6 nitrogen and oxygen atoms in total. The van der Waals surface area contributed by atoms with E-state index in [1.165, 1.54) is 24.8 Å². The molecule has 1 aliphatic heterocycles. The van der Waals surface area contributed by atoms with Crippen molar-refractivity contribution in [1.29, 1.82) is 0 Å². The van der Waals surface area contributed by atoms with E-state index in [0.29, 0.717) is 18.3 Å². The molecule has 1 aromatic heterocycles. The summed E-state index contributed by atoms with van der Waals surface area (Å²) in [7, 11) is 3.20. The first-order valence-corrected chi connectivity index (χ1v) is 10.8. The number of pyridine rings is 1. The minimum Gasteiger partial charge on any atom is -0.364 e. The molecule has 1 aliphatic carbocycles. The molecule has 3 rings (SSSR count). The zero-order chi connectivity index (χ0) is 21.0. The lowest BCUT2D eigenvalue weighted by Gasteiger charge is -2.55. The summed E-state index contributed by atoms with van der Waals surface area (Å²) in [6.45, 7) is 6.93. The average molecular weight is 405 g/mol. The molecule has 2 aliphatic rings. The van der Waals surface area contributed by atoms with Crippen molar-refractivity contribution >= 4 is 5.91 Å². The van der Waals surface area contributed by atoms with Crippen LogP contribution in [0.3, 0.4) is 0 Å². The van der Waals surface area contributed by atoms with Gasteiger partial charge in [0.15, 0.2) is 5.60 Å². The lowest BCUT2D eigenvalue weighted by molar-refractivity contribution is -0.235. The van der Waals surface area contributed by atoms with Crippen LogP contribution in [0.2, 0.25) is 0 Å². The number of carbonyl (C=O) groups is 1. The molecule has 162 valence electrons. The zero-order valence-electron chi connectivity index (χ0n) is 18.5. The number of hydrogen-bond donors (Lipinski definition) is 0. The maximum atomic E-state index is 13.2. The lowest BCUT2D eigenvalue weighted by Crippen LogP contribution is -2.76. The van der Waals surface area contributed by atoms with Crippen LogP contribution in [0.1, 0.15) is 63.6 Å². The van der Waals surface area contributed by atoms with Gasteiger partial charge in [-0.05, 0) is 48.3 Å². The summed E-state index contributed by atoms with van der Waals surface area (Å²) in [5, 5.41) is 0. The maximum Gasteiger partial charge on any atom is 0.259 e. The topological polar surface area (TPSA) is 60.9 Å². The molecule has 0 N–H and O–H groups in total. The van der Waals surface area contributed by atoms with Gasteiger partial charge in [0.2, 0.25) is 0 Å². The summed E-state index contributed by atoms with van der Waals surface area (Å²) in [6, 6.07) is 4.25. The second-order valence-electron chi connectivity index (χ2n) is 8.93. The van der Waals surface area contributed by atoms with Crippen LogP contribution in [0.15, 0.2) is 18.3 Å². The van der Waals surface area contributed by atoms with Gasteiger partial charge in [-0.3, -0.25) is 9.78 Å². The highest BCUT2D eigenvalue weighted by molar-refractivity contribution is 5.93. The molecule has 29 heavy (non-hydrogen) atoms. The zero-order valence-corrected chi connectivity index (χ0v) is 18.5. The van der Waals surface area contributed by atoms with Gasteiger partial charge in [-0.2, -0.15) is 0 Å². The van der Waals surface area contributed by atoms with Crippen LogP contribution in [0.5, 0.6) is 0 Å². The number of hydrogen-bond acceptors (Lipinski definition) is 5. The highest BCUT2D eigenvalue weighted by Gasteiger charge is 2.62. The summed E-state index contributed by atoms with van der Waals surface area (Å²) >= 11 is 0. The number of likely N-dealkylation sites (tertiary alicyclic amines) is 1. The summed E-state index contributed by atoms with van der Waals surface area (Å²) in [4.78, 5) is 19.5. The van der Waals surface area contributed by atoms with Crippen LogP contribution in [0.4, 0.5) is 0 Å². The van der Waals surface area contributed by atoms with Crippen molar-refractivity contribution in [2.75, 3.05) is 27.7 Å². The van der Waals surface area contributed by atoms with Gasteiger partial charge in [0.05, 0.1) is 6.04 Å². The van der Waals surface area contributed by atoms with Crippen molar-refractivity contribution in [1.82, 2.24) is 9.88 Å². The fourth-order valence-electron chi connectivity index (χ4n) is 4.77. The van der Waals surface area contributed by atoms with E-state index in [1.807, 2.05) is 6.20 Å². The number of methoxy groups -OCH3 is 2. The predicted octanol–water partition coefficient (Wildman–Crippen LogP) is 3.75. The second kappa shape index (κ2) is 9.54. The number of ether oxygens (including phenoxy) is 3. The molecule has 1 amide bonds. The van der Waals surface area contributed by atoms with E-state index in [2.05, 4.69) is 37.9 Å². The first-order chi connectivity index (χ1) is 14.0. The van der Waals surface area contributed by atoms with E-state index >= 15 is 0 Å². The first kappa shape index (κ1) is 22.2. The lowest BCUT2D eigenvalue weighted by atomic mass is 9.74. The Kier molecular flexibility index (Phi) is 7.30. The van der Waals surface area contributed by atoms with Gasteiger partial charge < -0.3 is 19.1 Å². The first-order valence-electron chi connectivity index (χ1n) is 10.8. The third-order valence-electron chi connectivity index (χ3n) is 6.23. The van der Waals surface area contributed by atoms with Crippen LogP contribution in [0, 0.1) is 11.8 Å². The quantitative estimate of drug-likeness (QED) is 0.392. The van der Waals surface area contributed by atoms with E-state index in [0.717, 1.165) is 18.0 Å². The molecule has 0 bridgehead atoms. The number of nitrogens with zero attached hydrogens (tertiary/aromatic N) is 2. The van der Waals surface area contributed by atoms with E-state index in [-0.39, 0.29) is 25.5 Å². The van der Waals surface area contributed by atoms with Crippen LogP contribution < -0.4 is 0 Å². The third-order valence-corrected chi connectivity index (χ3v) is 6.23. The Hall–Kier alpha value is -1.50. The molecule has 6 heteroatoms. The van der Waals surface area contributed by atoms with Gasteiger partial charge in [0.25, 0.3) is 5.91 Å². The van der Waals surface area contributed by atoms with E-state index in [1.54, 1.807) is 19.1 Å². The van der Waals surface area contributed by atoms with Crippen LogP contribution in [-0.2, 0) is 25.4 Å². The number of β-lactam (4-membered cyclic amide) rings is 1. The fourth-order valence-corrected chi connectivity index (χ4v) is 4.77. The largest absolute Gasteiger partial charge is 0.364 e. The van der Waals surface area contributed by atoms with Gasteiger partial charge >= 0.3 is 0 Å². The van der Waals surface area contributed by atoms with Gasteiger partial charge in [0.1, 0.15) is 13.5 Å². The molecule has 0 aromatic carbocycles. The Bertz CT molecular complexity index is 695. The molecule has 0 unspecified atom stereocenters. The normalized spacial score (nSPS) is 28.7. The molecule has 1 saturated heterocycles. The van der Waals surface area contributed by atoms with Crippen molar-refractivity contribution < 1.29 is 19.0 Å². The Balaban J connectivity index is 1.82. The van der Waals surface area contributed by atoms with E-state index in [9.17, 15) is 4.79 Å². The minimum absolute atomic E-state index is 0.0375. The molecule has 2 fully saturated rings. The smallest absolute Gasteiger partial charge is 0.259 e. The molecule has 0 spiro atoms. The highest BCUT2D eigenvalue weighted by atomic mass is 16.7. The Morgan fingerprint density at radius 1 is 1.31 bits per heavy atom. The standard InChI is InChI=1S/C23H36N2O4/c1-6-7-17-12-20(17)18-8-9-24-19(11-18)13-23(29-15-28-5)21(10-16(2)3)25(14-27-4)22(23)26/h8-9,11,16-17,20-21H,6-7,10,12-15H2,1-5H3/t17-,20-,21+,23-/m1/s1. The Morgan fingerprint density at radius 3 is 2.76 bits per heavy atom. The minimum atomic E-state index is -0.934. The Morgan fingerprint density at radius 2 is 2.10 bits per heavy atom. The van der Waals surface area contributed by atoms with Crippen LogP contribution >= 0.6 is 0 Å². The van der Waals surface area contributed by atoms with Crippen LogP contribution in [-0.4, -0.2) is 55.2 Å². The summed E-state index contributed by atoms with van der Waals surface area (Å²) in [6.07, 6.45) is 6.96. The van der Waals surface area contributed by atoms with E-state index < -0.39 is 5.60 Å². The van der Waals surface area contributed by atoms with Gasteiger partial charge in [-0.1, -0.05) is 33.6 Å². The monoisotopic (exact) mass is 404 g/mol. The predicted molar refractivity (Wildman–Crippen MR) is 111 cm³/mol. The van der Waals surface area contributed by atoms with Crippen molar-refractivity contribution in [2.24, 2.45) is 11.8 Å². The molecule has 1 aromatic rings. The van der Waals surface area contributed by atoms with Crippen molar-refractivity contribution in [3.63, 3.8) is 0 Å². The molecular weight excluding hydrogens is 368 g/mol. The summed E-state index contributed by atoms with van der Waals surface area (Å²) in [5.74, 6) is 1.83. The average Bonchev–Trinajstić information content (AvgIpc) is 3.47. The number of carbonyl (C=O) groups excluding carboxylic acids is 1. The molecular formula is C23H36N2O4. The summed E-state index contributed by atoms with van der Waals surface area (Å²) in [5.41, 5.74) is 1.33. The number of amides is 1. The fraction of sp³-hybridized carbons (Fsp3) is 0.739. The third kappa shape index (κ3) is 4.65. The second-order valence-corrected chi connectivity index (χ2v) is 8.93. The van der Waals surface area contributed by atoms with Crippen molar-refractivity contribution in [3.05, 3.63) is 29.6 Å². The summed E-state index contributed by atoms with van der Waals surface area (Å²) < 4.78 is 16.5. The van der Waals surface area contributed by atoms with Crippen LogP contribution in [0.25, 0.3) is 0 Å². The van der Waals surface area contributed by atoms with Crippen molar-refractivity contribution in [2.45, 2.75) is 70.4 Å². The van der Waals surface area contributed by atoms with Gasteiger partial charge in [-0.15, -0.1) is 0 Å². The van der Waals surface area contributed by atoms with Crippen molar-refractivity contribution in [3.8, 4) is 0 Å². The maximum absolute atomic E-state index is 13.2. The molecule has 2 heterocycles. The molecule has 1 saturated carbocycles. The number of aromatic nitrogens is 1. The van der Waals surface area contributed by atoms with Gasteiger partial charge in [0, 0.05) is 32.5 Å².